The van der Waals surface area contributed by atoms with Gasteiger partial charge in [0.05, 0.1) is 23.5 Å². The van der Waals surface area contributed by atoms with Crippen molar-refractivity contribution in [3.8, 4) is 17.0 Å². The first kappa shape index (κ1) is 21.6. The number of anilines is 1. The summed E-state index contributed by atoms with van der Waals surface area (Å²) >= 11 is 13.7. The molecule has 7 heteroatoms. The number of thiazole rings is 1. The van der Waals surface area contributed by atoms with Crippen LogP contribution in [-0.4, -0.2) is 17.8 Å². The monoisotopic (exact) mass is 447 g/mol. The van der Waals surface area contributed by atoms with E-state index in [0.717, 1.165) is 35.6 Å². The molecule has 2 aromatic carbocycles. The van der Waals surface area contributed by atoms with Crippen molar-refractivity contribution in [3.05, 3.63) is 63.5 Å². The molecule has 0 unspecified atom stereocenters. The van der Waals surface area contributed by atoms with Gasteiger partial charge in [0.2, 0.25) is 5.13 Å². The van der Waals surface area contributed by atoms with Gasteiger partial charge >= 0.3 is 0 Å². The van der Waals surface area contributed by atoms with E-state index >= 15 is 0 Å². The van der Waals surface area contributed by atoms with Crippen molar-refractivity contribution in [2.45, 2.75) is 32.6 Å². The van der Waals surface area contributed by atoms with Gasteiger partial charge < -0.3 is 4.74 Å². The molecule has 3 rings (SSSR count). The number of para-hydroxylation sites is 1. The van der Waals surface area contributed by atoms with Gasteiger partial charge in [-0.25, -0.2) is 4.98 Å². The van der Waals surface area contributed by atoms with E-state index in [0.29, 0.717) is 15.2 Å². The minimum atomic E-state index is 0.572. The average molecular weight is 448 g/mol. The van der Waals surface area contributed by atoms with Crippen LogP contribution in [0, 0.1) is 0 Å². The highest BCUT2D eigenvalue weighted by Crippen LogP contribution is 2.32. The number of halogens is 2. The van der Waals surface area contributed by atoms with E-state index in [2.05, 4.69) is 22.4 Å². The predicted octanol–water partition coefficient (Wildman–Crippen LogP) is 7.52. The molecule has 1 aromatic heterocycles. The number of nitrogens with zero attached hydrogens (tertiary/aromatic N) is 2. The summed E-state index contributed by atoms with van der Waals surface area (Å²) in [6.45, 7) is 2.92. The normalized spacial score (nSPS) is 11.1. The maximum absolute atomic E-state index is 6.26. The molecule has 0 spiro atoms. The number of unbranched alkanes of at least 4 members (excludes halogenated alkanes) is 3. The summed E-state index contributed by atoms with van der Waals surface area (Å²) in [5.41, 5.74) is 5.52. The lowest BCUT2D eigenvalue weighted by molar-refractivity contribution is 0.304. The molecule has 0 saturated carbocycles. The summed E-state index contributed by atoms with van der Waals surface area (Å²) in [5, 5.41) is 8.10. The Morgan fingerprint density at radius 1 is 1.14 bits per heavy atom. The van der Waals surface area contributed by atoms with Crippen LogP contribution in [0.2, 0.25) is 10.0 Å². The highest BCUT2D eigenvalue weighted by Gasteiger charge is 2.08. The number of rotatable bonds is 10. The maximum atomic E-state index is 6.26. The van der Waals surface area contributed by atoms with Crippen molar-refractivity contribution in [2.75, 3.05) is 12.0 Å². The number of aromatic nitrogens is 1. The molecule has 152 valence electrons. The molecule has 0 bridgehead atoms. The molecular formula is C22H23Cl2N3OS. The average Bonchev–Trinajstić information content (AvgIpc) is 3.17. The highest BCUT2D eigenvalue weighted by atomic mass is 35.5. The Morgan fingerprint density at radius 3 is 2.83 bits per heavy atom. The second kappa shape index (κ2) is 11.2. The van der Waals surface area contributed by atoms with E-state index in [-0.39, 0.29) is 0 Å². The zero-order chi connectivity index (χ0) is 20.5. The number of hydrogen-bond acceptors (Lipinski definition) is 5. The van der Waals surface area contributed by atoms with E-state index in [1.54, 1.807) is 18.3 Å². The first-order valence-corrected chi connectivity index (χ1v) is 11.2. The number of hydrazone groups is 1. The third kappa shape index (κ3) is 6.46. The molecule has 0 saturated heterocycles. The summed E-state index contributed by atoms with van der Waals surface area (Å²) in [4.78, 5) is 4.54. The van der Waals surface area contributed by atoms with E-state index < -0.39 is 0 Å². The Bertz CT molecular complexity index is 959. The molecular weight excluding hydrogens is 425 g/mol. The van der Waals surface area contributed by atoms with Crippen LogP contribution >= 0.6 is 34.5 Å². The van der Waals surface area contributed by atoms with Crippen LogP contribution in [0.4, 0.5) is 5.13 Å². The third-order valence-corrected chi connectivity index (χ3v) is 5.54. The number of ether oxygens (including phenoxy) is 1. The van der Waals surface area contributed by atoms with E-state index in [1.807, 2.05) is 35.7 Å². The van der Waals surface area contributed by atoms with Crippen LogP contribution < -0.4 is 10.2 Å². The molecule has 3 aromatic rings. The first-order chi connectivity index (χ1) is 14.2. The summed E-state index contributed by atoms with van der Waals surface area (Å²) in [6, 6.07) is 13.2. The smallest absolute Gasteiger partial charge is 0.203 e. The number of benzene rings is 2. The van der Waals surface area contributed by atoms with Gasteiger partial charge in [0.15, 0.2) is 0 Å². The molecule has 0 fully saturated rings. The van der Waals surface area contributed by atoms with E-state index in [4.69, 9.17) is 27.9 Å². The molecule has 0 amide bonds. The van der Waals surface area contributed by atoms with Crippen molar-refractivity contribution in [1.29, 1.82) is 0 Å². The molecule has 0 atom stereocenters. The fraction of sp³-hybridized carbons (Fsp3) is 0.273. The largest absolute Gasteiger partial charge is 0.493 e. The Balaban J connectivity index is 1.60. The van der Waals surface area contributed by atoms with Gasteiger partial charge in [-0.2, -0.15) is 5.10 Å². The van der Waals surface area contributed by atoms with Crippen LogP contribution in [0.25, 0.3) is 11.3 Å². The fourth-order valence-corrected chi connectivity index (χ4v) is 3.90. The first-order valence-electron chi connectivity index (χ1n) is 9.59. The predicted molar refractivity (Wildman–Crippen MR) is 125 cm³/mol. The highest BCUT2D eigenvalue weighted by molar-refractivity contribution is 7.14. The van der Waals surface area contributed by atoms with Crippen molar-refractivity contribution in [1.82, 2.24) is 4.98 Å². The fourth-order valence-electron chi connectivity index (χ4n) is 2.73. The summed E-state index contributed by atoms with van der Waals surface area (Å²) in [5.74, 6) is 0.835. The minimum absolute atomic E-state index is 0.572. The Morgan fingerprint density at radius 2 is 2.00 bits per heavy atom. The van der Waals surface area contributed by atoms with Gasteiger partial charge in [-0.3, -0.25) is 5.43 Å². The summed E-state index contributed by atoms with van der Waals surface area (Å²) in [7, 11) is 0. The molecule has 0 aliphatic rings. The molecule has 29 heavy (non-hydrogen) atoms. The Hall–Kier alpha value is -2.08. The van der Waals surface area contributed by atoms with Gasteiger partial charge in [-0.15, -0.1) is 11.3 Å². The van der Waals surface area contributed by atoms with Gasteiger partial charge in [0, 0.05) is 21.5 Å². The lowest BCUT2D eigenvalue weighted by Gasteiger charge is -2.08. The maximum Gasteiger partial charge on any atom is 0.203 e. The van der Waals surface area contributed by atoms with Crippen LogP contribution in [-0.2, 0) is 0 Å². The topological polar surface area (TPSA) is 46.5 Å². The quantitative estimate of drug-likeness (QED) is 0.198. The van der Waals surface area contributed by atoms with E-state index in [9.17, 15) is 0 Å². The van der Waals surface area contributed by atoms with Gasteiger partial charge in [-0.05, 0) is 36.8 Å². The molecule has 0 radical (unpaired) electrons. The van der Waals surface area contributed by atoms with E-state index in [1.165, 1.54) is 30.6 Å². The van der Waals surface area contributed by atoms with Gasteiger partial charge in [0.25, 0.3) is 0 Å². The lowest BCUT2D eigenvalue weighted by Crippen LogP contribution is -2.00. The molecule has 1 heterocycles. The molecule has 4 nitrogen and oxygen atoms in total. The molecule has 1 N–H and O–H groups in total. The minimum Gasteiger partial charge on any atom is -0.493 e. The Labute approximate surface area is 185 Å². The van der Waals surface area contributed by atoms with Crippen LogP contribution in [0.15, 0.2) is 52.9 Å². The van der Waals surface area contributed by atoms with Crippen molar-refractivity contribution in [3.63, 3.8) is 0 Å². The number of nitrogens with one attached hydrogen (secondary N) is 1. The zero-order valence-electron chi connectivity index (χ0n) is 16.2. The molecule has 0 aliphatic carbocycles. The standard InChI is InChI=1S/C22H23Cl2N3OS/c1-2-3-4-7-12-28-21-9-6-5-8-16(21)14-25-27-22-26-20(15-29-22)18-11-10-17(23)13-19(18)24/h5-6,8-11,13-15H,2-4,7,12H2,1H3,(H,26,27). The Kier molecular flexibility index (Phi) is 8.35. The van der Waals surface area contributed by atoms with Crippen LogP contribution in [0.1, 0.15) is 38.2 Å². The zero-order valence-corrected chi connectivity index (χ0v) is 18.5. The summed E-state index contributed by atoms with van der Waals surface area (Å²) in [6.07, 6.45) is 6.47. The van der Waals surface area contributed by atoms with Gasteiger partial charge in [-0.1, -0.05) is 61.5 Å². The van der Waals surface area contributed by atoms with Crippen LogP contribution in [0.5, 0.6) is 5.75 Å². The van der Waals surface area contributed by atoms with Crippen LogP contribution in [0.3, 0.4) is 0 Å². The summed E-state index contributed by atoms with van der Waals surface area (Å²) < 4.78 is 5.91. The van der Waals surface area contributed by atoms with Gasteiger partial charge in [0.1, 0.15) is 5.75 Å². The van der Waals surface area contributed by atoms with Crippen molar-refractivity contribution < 1.29 is 4.74 Å². The second-order valence-corrected chi connectivity index (χ2v) is 8.18. The molecule has 0 aliphatic heterocycles. The number of hydrogen-bond donors (Lipinski definition) is 1. The SMILES string of the molecule is CCCCCCOc1ccccc1C=NNc1nc(-c2ccc(Cl)cc2Cl)cs1. The second-order valence-electron chi connectivity index (χ2n) is 6.48. The van der Waals surface area contributed by atoms with Crippen molar-refractivity contribution >= 4 is 45.9 Å². The van der Waals surface area contributed by atoms with Crippen molar-refractivity contribution in [2.24, 2.45) is 5.10 Å². The lowest BCUT2D eigenvalue weighted by atomic mass is 10.2. The third-order valence-electron chi connectivity index (χ3n) is 4.25.